The third kappa shape index (κ3) is 7.84. The first-order valence-corrected chi connectivity index (χ1v) is 16.4. The fourth-order valence-corrected chi connectivity index (χ4v) is 7.16. The maximum Gasteiger partial charge on any atom is 0.305 e. The van der Waals surface area contributed by atoms with E-state index in [1.807, 2.05) is 17.0 Å². The van der Waals surface area contributed by atoms with Crippen LogP contribution in [0.25, 0.3) is 0 Å². The molecule has 1 heterocycles. The van der Waals surface area contributed by atoms with Crippen molar-refractivity contribution < 1.29 is 19.5 Å². The van der Waals surface area contributed by atoms with Gasteiger partial charge >= 0.3 is 5.97 Å². The van der Waals surface area contributed by atoms with Gasteiger partial charge in [0.25, 0.3) is 11.8 Å². The van der Waals surface area contributed by atoms with E-state index in [9.17, 15) is 14.4 Å². The van der Waals surface area contributed by atoms with E-state index < -0.39 is 17.7 Å². The maximum absolute atomic E-state index is 14.5. The Labute approximate surface area is 271 Å². The molecule has 7 nitrogen and oxygen atoms in total. The summed E-state index contributed by atoms with van der Waals surface area (Å²) in [4.78, 5) is 45.7. The van der Waals surface area contributed by atoms with Gasteiger partial charge in [0.15, 0.2) is 0 Å². The Morgan fingerprint density at radius 1 is 1.02 bits per heavy atom. The fourth-order valence-electron chi connectivity index (χ4n) is 6.63. The number of amides is 2. The highest BCUT2D eigenvalue weighted by atomic mass is 35.5. The molecule has 2 atom stereocenters. The number of benzene rings is 2. The quantitative estimate of drug-likeness (QED) is 0.272. The number of aliphatic imine (C=N–C) groups is 1. The SMILES string of the molecule is CC(C)CC[C@H](c1ccc(C(=O)N[C@H](C)CC(=O)O)cc1)N1C(=O)C(c2cc(Cl)cc(Cl)c2)=NC12CCC(C(C)(C)C)CC2. The molecule has 44 heavy (non-hydrogen) atoms. The minimum absolute atomic E-state index is 0.129. The first-order valence-electron chi connectivity index (χ1n) is 15.6. The van der Waals surface area contributed by atoms with Gasteiger partial charge in [-0.05, 0) is 98.6 Å². The van der Waals surface area contributed by atoms with Crippen LogP contribution in [-0.2, 0) is 9.59 Å². The number of hydrogen-bond acceptors (Lipinski definition) is 4. The van der Waals surface area contributed by atoms with Crippen molar-refractivity contribution in [3.63, 3.8) is 0 Å². The van der Waals surface area contributed by atoms with E-state index in [4.69, 9.17) is 33.3 Å². The van der Waals surface area contributed by atoms with Crippen LogP contribution < -0.4 is 5.32 Å². The van der Waals surface area contributed by atoms with E-state index in [0.717, 1.165) is 44.1 Å². The summed E-state index contributed by atoms with van der Waals surface area (Å²) in [5, 5.41) is 12.7. The van der Waals surface area contributed by atoms with Crippen molar-refractivity contribution in [2.45, 2.75) is 104 Å². The Morgan fingerprint density at radius 2 is 1.61 bits per heavy atom. The van der Waals surface area contributed by atoms with Crippen LogP contribution >= 0.6 is 23.2 Å². The zero-order valence-corrected chi connectivity index (χ0v) is 28.1. The third-order valence-corrected chi connectivity index (χ3v) is 9.52. The van der Waals surface area contributed by atoms with Crippen molar-refractivity contribution >= 4 is 46.7 Å². The lowest BCUT2D eigenvalue weighted by Crippen LogP contribution is -2.51. The van der Waals surface area contributed by atoms with Crippen molar-refractivity contribution in [3.05, 3.63) is 69.2 Å². The lowest BCUT2D eigenvalue weighted by Gasteiger charge is -2.47. The summed E-state index contributed by atoms with van der Waals surface area (Å²) in [7, 11) is 0. The molecule has 2 amide bonds. The maximum atomic E-state index is 14.5. The van der Waals surface area contributed by atoms with Gasteiger partial charge in [0.05, 0.1) is 12.5 Å². The Morgan fingerprint density at radius 3 is 2.14 bits per heavy atom. The minimum atomic E-state index is -0.969. The largest absolute Gasteiger partial charge is 0.481 e. The van der Waals surface area contributed by atoms with Crippen LogP contribution in [0, 0.1) is 17.3 Å². The third-order valence-electron chi connectivity index (χ3n) is 9.08. The second kappa shape index (κ2) is 13.6. The minimum Gasteiger partial charge on any atom is -0.481 e. The molecule has 0 saturated heterocycles. The Bertz CT molecular complexity index is 1390. The summed E-state index contributed by atoms with van der Waals surface area (Å²) in [6.45, 7) is 12.9. The number of carboxylic acids is 1. The first kappa shape index (κ1) is 34.0. The van der Waals surface area contributed by atoms with Crippen LogP contribution in [-0.4, -0.2) is 45.2 Å². The van der Waals surface area contributed by atoms with Crippen LogP contribution in [0.3, 0.4) is 0 Å². The molecule has 2 aromatic carbocycles. The molecule has 0 unspecified atom stereocenters. The van der Waals surface area contributed by atoms with Crippen LogP contribution in [0.1, 0.15) is 114 Å². The van der Waals surface area contributed by atoms with Crippen LogP contribution in [0.4, 0.5) is 0 Å². The molecule has 1 spiro atoms. The topological polar surface area (TPSA) is 99.1 Å². The fraction of sp³-hybridized carbons (Fsp3) is 0.543. The second-order valence-corrected chi connectivity index (χ2v) is 14.9. The highest BCUT2D eigenvalue weighted by Crippen LogP contribution is 2.50. The summed E-state index contributed by atoms with van der Waals surface area (Å²) >= 11 is 12.7. The summed E-state index contributed by atoms with van der Waals surface area (Å²) in [6, 6.07) is 11.7. The molecule has 9 heteroatoms. The molecule has 0 bridgehead atoms. The van der Waals surface area contributed by atoms with E-state index in [1.54, 1.807) is 37.3 Å². The normalized spacial score (nSPS) is 21.8. The highest BCUT2D eigenvalue weighted by molar-refractivity contribution is 6.47. The molecule has 1 aliphatic heterocycles. The Kier molecular flexibility index (Phi) is 10.5. The lowest BCUT2D eigenvalue weighted by molar-refractivity contribution is -0.137. The number of halogens is 2. The van der Waals surface area contributed by atoms with E-state index in [0.29, 0.717) is 38.7 Å². The number of nitrogens with one attached hydrogen (secondary N) is 1. The summed E-state index contributed by atoms with van der Waals surface area (Å²) in [6.07, 6.45) is 4.94. The number of carboxylic acid groups (broad SMARTS) is 1. The monoisotopic (exact) mass is 641 g/mol. The van der Waals surface area contributed by atoms with Crippen molar-refractivity contribution in [3.8, 4) is 0 Å². The first-order chi connectivity index (χ1) is 20.6. The van der Waals surface area contributed by atoms with E-state index >= 15 is 0 Å². The zero-order valence-electron chi connectivity index (χ0n) is 26.6. The average Bonchev–Trinajstić information content (AvgIpc) is 3.19. The Balaban J connectivity index is 1.73. The smallest absolute Gasteiger partial charge is 0.305 e. The number of carbonyl (C=O) groups excluding carboxylic acids is 2. The number of hydrogen-bond donors (Lipinski definition) is 2. The van der Waals surface area contributed by atoms with Crippen molar-refractivity contribution in [2.24, 2.45) is 22.2 Å². The number of carbonyl (C=O) groups is 3. The molecule has 238 valence electrons. The second-order valence-electron chi connectivity index (χ2n) is 14.0. The number of aliphatic carboxylic acids is 1. The predicted octanol–water partition coefficient (Wildman–Crippen LogP) is 8.33. The molecule has 1 saturated carbocycles. The molecule has 2 N–H and O–H groups in total. The van der Waals surface area contributed by atoms with Gasteiger partial charge in [-0.3, -0.25) is 19.4 Å². The lowest BCUT2D eigenvalue weighted by atomic mass is 9.69. The van der Waals surface area contributed by atoms with Gasteiger partial charge < -0.3 is 15.3 Å². The van der Waals surface area contributed by atoms with Crippen molar-refractivity contribution in [1.82, 2.24) is 10.2 Å². The van der Waals surface area contributed by atoms with Crippen molar-refractivity contribution in [1.29, 1.82) is 0 Å². The molecule has 0 radical (unpaired) electrons. The van der Waals surface area contributed by atoms with Gasteiger partial charge in [0.1, 0.15) is 11.4 Å². The summed E-state index contributed by atoms with van der Waals surface area (Å²) in [5.41, 5.74) is 1.86. The molecular weight excluding hydrogens is 597 g/mol. The molecule has 0 aromatic heterocycles. The van der Waals surface area contributed by atoms with Crippen LogP contribution in [0.5, 0.6) is 0 Å². The van der Waals surface area contributed by atoms with Gasteiger partial charge in [-0.1, -0.05) is 70.0 Å². The van der Waals surface area contributed by atoms with E-state index in [1.165, 1.54) is 0 Å². The standard InChI is InChI=1S/C35H45Cl2N3O4/c1-21(2)7-12-29(23-8-10-24(11-9-23)32(43)38-22(3)17-30(41)42)40-33(44)31(25-18-27(36)20-28(37)19-25)39-35(40)15-13-26(14-16-35)34(4,5)6/h8-11,18-22,26,29H,7,12-17H2,1-6H3,(H,38,43)(H,41,42)/t22-,26?,29-,35?/m1/s1. The van der Waals surface area contributed by atoms with Crippen LogP contribution in [0.2, 0.25) is 10.0 Å². The van der Waals surface area contributed by atoms with Gasteiger partial charge in [-0.2, -0.15) is 0 Å². The number of rotatable bonds is 10. The molecule has 2 aliphatic rings. The summed E-state index contributed by atoms with van der Waals surface area (Å²) < 4.78 is 0. The highest BCUT2D eigenvalue weighted by Gasteiger charge is 2.52. The van der Waals surface area contributed by atoms with Crippen LogP contribution in [0.15, 0.2) is 47.5 Å². The zero-order chi connectivity index (χ0) is 32.4. The molecule has 4 rings (SSSR count). The average molecular weight is 643 g/mol. The van der Waals surface area contributed by atoms with Gasteiger partial charge in [0, 0.05) is 27.2 Å². The predicted molar refractivity (Wildman–Crippen MR) is 176 cm³/mol. The van der Waals surface area contributed by atoms with Crippen molar-refractivity contribution in [2.75, 3.05) is 0 Å². The number of nitrogens with zero attached hydrogens (tertiary/aromatic N) is 2. The Hall–Kier alpha value is -2.90. The van der Waals surface area contributed by atoms with Gasteiger partial charge in [0.2, 0.25) is 0 Å². The molecule has 1 fully saturated rings. The van der Waals surface area contributed by atoms with E-state index in [2.05, 4.69) is 39.9 Å². The molecular formula is C35H45Cl2N3O4. The van der Waals surface area contributed by atoms with Gasteiger partial charge in [-0.25, -0.2) is 0 Å². The molecule has 1 aliphatic carbocycles. The summed E-state index contributed by atoms with van der Waals surface area (Å²) in [5.74, 6) is -0.475. The van der Waals surface area contributed by atoms with E-state index in [-0.39, 0.29) is 29.7 Å². The van der Waals surface area contributed by atoms with Gasteiger partial charge in [-0.15, -0.1) is 0 Å². The molecule has 2 aromatic rings.